The van der Waals surface area contributed by atoms with Crippen molar-refractivity contribution in [3.63, 3.8) is 0 Å². The number of nitrogens with zero attached hydrogens (tertiary/aromatic N) is 1. The number of nitrogens with one attached hydrogen (secondary N) is 1. The van der Waals surface area contributed by atoms with Gasteiger partial charge in [0.25, 0.3) is 0 Å². The lowest BCUT2D eigenvalue weighted by atomic mass is 10.2. The first-order valence-corrected chi connectivity index (χ1v) is 4.93. The minimum Gasteiger partial charge on any atom is -0.475 e. The van der Waals surface area contributed by atoms with Gasteiger partial charge in [-0.2, -0.15) is 0 Å². The number of nitrogens with two attached hydrogens (primary N) is 1. The van der Waals surface area contributed by atoms with Gasteiger partial charge in [0.1, 0.15) is 6.61 Å². The van der Waals surface area contributed by atoms with Crippen LogP contribution < -0.4 is 15.8 Å². The van der Waals surface area contributed by atoms with Gasteiger partial charge in [0, 0.05) is 12.2 Å². The summed E-state index contributed by atoms with van der Waals surface area (Å²) in [6.45, 7) is 1.74. The average molecular weight is 193 g/mol. The summed E-state index contributed by atoms with van der Waals surface area (Å²) in [5.74, 6) is 0.543. The van der Waals surface area contributed by atoms with Gasteiger partial charge in [0.05, 0.1) is 5.69 Å². The fourth-order valence-electron chi connectivity index (χ4n) is 1.60. The summed E-state index contributed by atoms with van der Waals surface area (Å²) in [4.78, 5) is 4.06. The molecular weight excluding hydrogens is 178 g/mol. The van der Waals surface area contributed by atoms with Gasteiger partial charge < -0.3 is 15.8 Å². The van der Waals surface area contributed by atoms with E-state index in [1.165, 1.54) is 12.8 Å². The van der Waals surface area contributed by atoms with Crippen LogP contribution in [0.2, 0.25) is 0 Å². The van der Waals surface area contributed by atoms with Crippen molar-refractivity contribution < 1.29 is 4.74 Å². The highest BCUT2D eigenvalue weighted by atomic mass is 16.5. The Bertz CT molecular complexity index is 297. The topological polar surface area (TPSA) is 60.2 Å². The highest BCUT2D eigenvalue weighted by Gasteiger charge is 2.14. The number of anilines is 1. The second kappa shape index (κ2) is 4.28. The molecule has 0 radical (unpaired) electrons. The van der Waals surface area contributed by atoms with E-state index >= 15 is 0 Å². The van der Waals surface area contributed by atoms with Crippen LogP contribution in [0.25, 0.3) is 0 Å². The molecule has 0 aliphatic carbocycles. The quantitative estimate of drug-likeness (QED) is 0.745. The molecule has 0 saturated carbocycles. The SMILES string of the molecule is Nc1cccnc1OCC1CCCN1. The Morgan fingerprint density at radius 2 is 2.57 bits per heavy atom. The number of pyridine rings is 1. The molecular formula is C10H15N3O. The molecule has 1 aromatic rings. The van der Waals surface area contributed by atoms with Crippen LogP contribution in [0, 0.1) is 0 Å². The molecule has 1 fully saturated rings. The molecule has 2 heterocycles. The van der Waals surface area contributed by atoms with Gasteiger partial charge >= 0.3 is 0 Å². The number of aromatic nitrogens is 1. The summed E-state index contributed by atoms with van der Waals surface area (Å²) in [6.07, 6.45) is 4.09. The van der Waals surface area contributed by atoms with E-state index in [1.54, 1.807) is 18.3 Å². The van der Waals surface area contributed by atoms with E-state index in [9.17, 15) is 0 Å². The van der Waals surface area contributed by atoms with Crippen molar-refractivity contribution in [2.45, 2.75) is 18.9 Å². The van der Waals surface area contributed by atoms with Crippen LogP contribution in [0.4, 0.5) is 5.69 Å². The second-order valence-electron chi connectivity index (χ2n) is 3.50. The molecule has 1 unspecified atom stereocenters. The van der Waals surface area contributed by atoms with E-state index in [0.717, 1.165) is 6.54 Å². The molecule has 1 atom stereocenters. The molecule has 2 rings (SSSR count). The van der Waals surface area contributed by atoms with Gasteiger partial charge in [0.2, 0.25) is 5.88 Å². The van der Waals surface area contributed by atoms with E-state index < -0.39 is 0 Å². The zero-order chi connectivity index (χ0) is 9.80. The summed E-state index contributed by atoms with van der Waals surface area (Å²) < 4.78 is 5.52. The van der Waals surface area contributed by atoms with Crippen molar-refractivity contribution in [2.24, 2.45) is 0 Å². The molecule has 1 aliphatic rings. The fourth-order valence-corrected chi connectivity index (χ4v) is 1.60. The lowest BCUT2D eigenvalue weighted by molar-refractivity contribution is 0.269. The van der Waals surface area contributed by atoms with Crippen LogP contribution in [0.5, 0.6) is 5.88 Å². The maximum absolute atomic E-state index is 5.70. The molecule has 1 saturated heterocycles. The highest BCUT2D eigenvalue weighted by molar-refractivity contribution is 5.46. The van der Waals surface area contributed by atoms with E-state index in [-0.39, 0.29) is 0 Å². The van der Waals surface area contributed by atoms with Crippen molar-refractivity contribution in [3.8, 4) is 5.88 Å². The van der Waals surface area contributed by atoms with Crippen molar-refractivity contribution in [1.29, 1.82) is 0 Å². The normalized spacial score (nSPS) is 21.0. The molecule has 4 nitrogen and oxygen atoms in total. The standard InChI is InChI=1S/C10H15N3O/c11-9-4-2-6-13-10(9)14-7-8-3-1-5-12-8/h2,4,6,8,12H,1,3,5,7,11H2. The fraction of sp³-hybridized carbons (Fsp3) is 0.500. The van der Waals surface area contributed by atoms with Crippen LogP contribution in [0.3, 0.4) is 0 Å². The Kier molecular flexibility index (Phi) is 2.84. The molecule has 1 aromatic heterocycles. The molecule has 0 spiro atoms. The third kappa shape index (κ3) is 2.14. The number of hydrogen-bond acceptors (Lipinski definition) is 4. The van der Waals surface area contributed by atoms with Crippen LogP contribution in [0.1, 0.15) is 12.8 Å². The summed E-state index contributed by atoms with van der Waals surface area (Å²) in [5.41, 5.74) is 6.30. The van der Waals surface area contributed by atoms with Gasteiger partial charge in [-0.1, -0.05) is 0 Å². The van der Waals surface area contributed by atoms with Crippen LogP contribution in [-0.2, 0) is 0 Å². The monoisotopic (exact) mass is 193 g/mol. The van der Waals surface area contributed by atoms with Gasteiger partial charge in [-0.15, -0.1) is 0 Å². The minimum atomic E-state index is 0.455. The third-order valence-corrected chi connectivity index (χ3v) is 2.38. The molecule has 0 bridgehead atoms. The Labute approximate surface area is 83.5 Å². The number of ether oxygens (including phenoxy) is 1. The van der Waals surface area contributed by atoms with E-state index in [0.29, 0.717) is 24.2 Å². The first kappa shape index (κ1) is 9.27. The van der Waals surface area contributed by atoms with Gasteiger partial charge in [-0.25, -0.2) is 4.98 Å². The maximum Gasteiger partial charge on any atom is 0.237 e. The van der Waals surface area contributed by atoms with Crippen molar-refractivity contribution >= 4 is 5.69 Å². The van der Waals surface area contributed by atoms with E-state index in [4.69, 9.17) is 10.5 Å². The molecule has 4 heteroatoms. The molecule has 76 valence electrons. The van der Waals surface area contributed by atoms with Crippen LogP contribution in [-0.4, -0.2) is 24.2 Å². The third-order valence-electron chi connectivity index (χ3n) is 2.38. The van der Waals surface area contributed by atoms with Crippen molar-refractivity contribution in [3.05, 3.63) is 18.3 Å². The predicted octanol–water partition coefficient (Wildman–Crippen LogP) is 0.795. The average Bonchev–Trinajstić information content (AvgIpc) is 2.69. The predicted molar refractivity (Wildman–Crippen MR) is 55.2 cm³/mol. The molecule has 1 aliphatic heterocycles. The smallest absolute Gasteiger partial charge is 0.237 e. The van der Waals surface area contributed by atoms with Gasteiger partial charge in [-0.3, -0.25) is 0 Å². The molecule has 0 aromatic carbocycles. The maximum atomic E-state index is 5.70. The highest BCUT2D eigenvalue weighted by Crippen LogP contribution is 2.17. The van der Waals surface area contributed by atoms with Crippen molar-refractivity contribution in [2.75, 3.05) is 18.9 Å². The molecule has 0 amide bonds. The summed E-state index contributed by atoms with van der Waals surface area (Å²) >= 11 is 0. The zero-order valence-electron chi connectivity index (χ0n) is 8.07. The Morgan fingerprint density at radius 3 is 3.29 bits per heavy atom. The van der Waals surface area contributed by atoms with Gasteiger partial charge in [0.15, 0.2) is 0 Å². The van der Waals surface area contributed by atoms with E-state index in [2.05, 4.69) is 10.3 Å². The number of nitrogen functional groups attached to an aromatic ring is 1. The second-order valence-corrected chi connectivity index (χ2v) is 3.50. The summed E-state index contributed by atoms with van der Waals surface area (Å²) in [6, 6.07) is 4.05. The van der Waals surface area contributed by atoms with E-state index in [1.807, 2.05) is 0 Å². The van der Waals surface area contributed by atoms with Gasteiger partial charge in [-0.05, 0) is 31.5 Å². The largest absolute Gasteiger partial charge is 0.475 e. The zero-order valence-corrected chi connectivity index (χ0v) is 8.07. The Hall–Kier alpha value is -1.29. The first-order chi connectivity index (χ1) is 6.86. The molecule has 3 N–H and O–H groups in total. The summed E-state index contributed by atoms with van der Waals surface area (Å²) in [5, 5.41) is 3.35. The number of hydrogen-bond donors (Lipinski definition) is 2. The molecule has 14 heavy (non-hydrogen) atoms. The lowest BCUT2D eigenvalue weighted by Crippen LogP contribution is -2.28. The first-order valence-electron chi connectivity index (χ1n) is 4.93. The van der Waals surface area contributed by atoms with Crippen LogP contribution in [0.15, 0.2) is 18.3 Å². The Balaban J connectivity index is 1.88. The Morgan fingerprint density at radius 1 is 1.64 bits per heavy atom. The minimum absolute atomic E-state index is 0.455. The lowest BCUT2D eigenvalue weighted by Gasteiger charge is -2.12. The number of rotatable bonds is 3. The van der Waals surface area contributed by atoms with Crippen molar-refractivity contribution in [1.82, 2.24) is 10.3 Å². The van der Waals surface area contributed by atoms with Crippen LogP contribution >= 0.6 is 0 Å². The summed E-state index contributed by atoms with van der Waals surface area (Å²) in [7, 11) is 0.